The van der Waals surface area contributed by atoms with Crippen LogP contribution in [0.4, 0.5) is 0 Å². The Bertz CT molecular complexity index is 1110. The number of aryl methyl sites for hydroxylation is 6. The molecule has 0 heteroatoms. The highest BCUT2D eigenvalue weighted by atomic mass is 14.2. The summed E-state index contributed by atoms with van der Waals surface area (Å²) in [5.74, 6) is 0. The fourth-order valence-electron chi connectivity index (χ4n) is 4.62. The van der Waals surface area contributed by atoms with E-state index in [1.807, 2.05) is 0 Å². The molecule has 4 rings (SSSR count). The lowest BCUT2D eigenvalue weighted by molar-refractivity contribution is 1.30. The zero-order chi connectivity index (χ0) is 16.6. The lowest BCUT2D eigenvalue weighted by Crippen LogP contribution is -2.00. The molecular weight excluding hydrogens is 276 g/mol. The molecule has 0 bridgehead atoms. The first kappa shape index (κ1) is 14.5. The summed E-state index contributed by atoms with van der Waals surface area (Å²) in [6.07, 6.45) is 0. The van der Waals surface area contributed by atoms with E-state index >= 15 is 0 Å². The summed E-state index contributed by atoms with van der Waals surface area (Å²) < 4.78 is 0. The van der Waals surface area contributed by atoms with Gasteiger partial charge in [0.05, 0.1) is 0 Å². The SMILES string of the molecule is Cc1c(C)c2ccc3c(C)cc(C)c4c(C)c(C)c(c1C)c2c34. The van der Waals surface area contributed by atoms with Gasteiger partial charge in [0.25, 0.3) is 0 Å². The third-order valence-corrected chi connectivity index (χ3v) is 6.17. The van der Waals surface area contributed by atoms with Gasteiger partial charge in [-0.25, -0.2) is 0 Å². The quantitative estimate of drug-likeness (QED) is 0.315. The molecule has 0 amide bonds. The van der Waals surface area contributed by atoms with Crippen molar-refractivity contribution in [1.82, 2.24) is 0 Å². The van der Waals surface area contributed by atoms with Gasteiger partial charge in [-0.05, 0) is 120 Å². The van der Waals surface area contributed by atoms with Crippen LogP contribution in [0.15, 0.2) is 18.2 Å². The van der Waals surface area contributed by atoms with Crippen LogP contribution in [0.3, 0.4) is 0 Å². The monoisotopic (exact) mass is 300 g/mol. The second kappa shape index (κ2) is 4.47. The van der Waals surface area contributed by atoms with Crippen LogP contribution >= 0.6 is 0 Å². The lowest BCUT2D eigenvalue weighted by Gasteiger charge is -2.23. The molecule has 0 aliphatic carbocycles. The van der Waals surface area contributed by atoms with E-state index < -0.39 is 0 Å². The van der Waals surface area contributed by atoms with Crippen molar-refractivity contribution in [3.63, 3.8) is 0 Å². The number of rotatable bonds is 0. The molecule has 0 aliphatic rings. The van der Waals surface area contributed by atoms with Gasteiger partial charge in [0.15, 0.2) is 0 Å². The topological polar surface area (TPSA) is 0 Å². The second-order valence-corrected chi connectivity index (χ2v) is 7.30. The van der Waals surface area contributed by atoms with Gasteiger partial charge in [0, 0.05) is 0 Å². The van der Waals surface area contributed by atoms with Gasteiger partial charge in [0.1, 0.15) is 0 Å². The van der Waals surface area contributed by atoms with E-state index in [0.717, 1.165) is 0 Å². The highest BCUT2D eigenvalue weighted by Gasteiger charge is 2.19. The summed E-state index contributed by atoms with van der Waals surface area (Å²) in [6, 6.07) is 7.01. The van der Waals surface area contributed by atoms with E-state index in [2.05, 4.69) is 66.7 Å². The highest BCUT2D eigenvalue weighted by molar-refractivity contribution is 6.27. The van der Waals surface area contributed by atoms with Crippen LogP contribution in [0.25, 0.3) is 32.3 Å². The van der Waals surface area contributed by atoms with Crippen LogP contribution in [0.5, 0.6) is 0 Å². The summed E-state index contributed by atoms with van der Waals surface area (Å²) in [7, 11) is 0. The first-order valence-corrected chi connectivity index (χ1v) is 8.49. The predicted octanol–water partition coefficient (Wildman–Crippen LogP) is 6.74. The zero-order valence-corrected chi connectivity index (χ0v) is 15.2. The summed E-state index contributed by atoms with van der Waals surface area (Å²) >= 11 is 0. The van der Waals surface area contributed by atoms with Crippen molar-refractivity contribution in [1.29, 1.82) is 0 Å². The maximum Gasteiger partial charge on any atom is -0.00182 e. The Morgan fingerprint density at radius 2 is 0.957 bits per heavy atom. The minimum absolute atomic E-state index is 1.39. The standard InChI is InChI=1S/C23H24/c1-11-10-12(2)20-16(6)17(7)21-15(5)13(3)14(4)19-9-8-18(11)22(20)23(19)21/h8-10H,1-7H3. The molecule has 0 fully saturated rings. The van der Waals surface area contributed by atoms with Crippen molar-refractivity contribution in [3.05, 3.63) is 57.1 Å². The molecule has 0 nitrogen and oxygen atoms in total. The lowest BCUT2D eigenvalue weighted by atomic mass is 9.81. The van der Waals surface area contributed by atoms with Crippen LogP contribution in [-0.2, 0) is 0 Å². The Morgan fingerprint density at radius 3 is 1.65 bits per heavy atom. The first-order chi connectivity index (χ1) is 10.8. The molecule has 0 aliphatic heterocycles. The van der Waals surface area contributed by atoms with Gasteiger partial charge < -0.3 is 0 Å². The number of hydrogen-bond acceptors (Lipinski definition) is 0. The normalized spacial score (nSPS) is 12.1. The van der Waals surface area contributed by atoms with Crippen molar-refractivity contribution in [3.8, 4) is 0 Å². The first-order valence-electron chi connectivity index (χ1n) is 8.49. The van der Waals surface area contributed by atoms with Crippen LogP contribution in [0.1, 0.15) is 38.9 Å². The number of hydrogen-bond donors (Lipinski definition) is 0. The van der Waals surface area contributed by atoms with Crippen LogP contribution in [0.2, 0.25) is 0 Å². The molecule has 4 aromatic rings. The molecule has 23 heavy (non-hydrogen) atoms. The van der Waals surface area contributed by atoms with Gasteiger partial charge in [-0.1, -0.05) is 18.2 Å². The molecule has 0 heterocycles. The van der Waals surface area contributed by atoms with E-state index in [4.69, 9.17) is 0 Å². The molecule has 0 unspecified atom stereocenters. The Kier molecular flexibility index (Phi) is 2.82. The Balaban J connectivity index is 2.54. The maximum atomic E-state index is 2.35. The minimum Gasteiger partial charge on any atom is -0.0551 e. The number of benzene rings is 4. The molecule has 0 atom stereocenters. The van der Waals surface area contributed by atoms with Gasteiger partial charge in [-0.2, -0.15) is 0 Å². The highest BCUT2D eigenvalue weighted by Crippen LogP contribution is 2.44. The third-order valence-electron chi connectivity index (χ3n) is 6.17. The second-order valence-electron chi connectivity index (χ2n) is 7.30. The summed E-state index contributed by atoms with van der Waals surface area (Å²) in [5, 5.41) is 8.73. The summed E-state index contributed by atoms with van der Waals surface area (Å²) in [6.45, 7) is 15.9. The molecule has 0 saturated carbocycles. The predicted molar refractivity (Wildman–Crippen MR) is 103 cm³/mol. The van der Waals surface area contributed by atoms with Crippen molar-refractivity contribution in [2.24, 2.45) is 0 Å². The Hall–Kier alpha value is -2.08. The van der Waals surface area contributed by atoms with Crippen LogP contribution < -0.4 is 0 Å². The summed E-state index contributed by atoms with van der Waals surface area (Å²) in [4.78, 5) is 0. The van der Waals surface area contributed by atoms with E-state index in [0.29, 0.717) is 0 Å². The van der Waals surface area contributed by atoms with Crippen LogP contribution in [-0.4, -0.2) is 0 Å². The van der Waals surface area contributed by atoms with E-state index in [1.54, 1.807) is 0 Å². The fourth-order valence-corrected chi connectivity index (χ4v) is 4.62. The molecule has 0 radical (unpaired) electrons. The fraction of sp³-hybridized carbons (Fsp3) is 0.304. The molecule has 0 N–H and O–H groups in total. The molecule has 0 aromatic heterocycles. The molecular formula is C23H24. The van der Waals surface area contributed by atoms with Gasteiger partial charge in [-0.3, -0.25) is 0 Å². The van der Waals surface area contributed by atoms with Crippen LogP contribution in [0, 0.1) is 48.5 Å². The van der Waals surface area contributed by atoms with E-state index in [9.17, 15) is 0 Å². The van der Waals surface area contributed by atoms with Crippen molar-refractivity contribution in [2.75, 3.05) is 0 Å². The van der Waals surface area contributed by atoms with Crippen molar-refractivity contribution in [2.45, 2.75) is 48.5 Å². The largest absolute Gasteiger partial charge is 0.0551 e. The average Bonchev–Trinajstić information content (AvgIpc) is 2.51. The smallest absolute Gasteiger partial charge is 0.00182 e. The maximum absolute atomic E-state index is 2.35. The molecule has 4 aromatic carbocycles. The minimum atomic E-state index is 1.39. The molecule has 116 valence electrons. The Labute approximate surface area is 138 Å². The molecule has 0 spiro atoms. The zero-order valence-electron chi connectivity index (χ0n) is 15.2. The third kappa shape index (κ3) is 1.62. The van der Waals surface area contributed by atoms with E-state index in [1.165, 1.54) is 71.3 Å². The van der Waals surface area contributed by atoms with E-state index in [-0.39, 0.29) is 0 Å². The van der Waals surface area contributed by atoms with Gasteiger partial charge in [0.2, 0.25) is 0 Å². The van der Waals surface area contributed by atoms with Gasteiger partial charge >= 0.3 is 0 Å². The van der Waals surface area contributed by atoms with Crippen molar-refractivity contribution < 1.29 is 0 Å². The van der Waals surface area contributed by atoms with Crippen molar-refractivity contribution >= 4 is 32.3 Å². The Morgan fingerprint density at radius 1 is 0.435 bits per heavy atom. The van der Waals surface area contributed by atoms with Gasteiger partial charge in [-0.15, -0.1) is 0 Å². The molecule has 0 saturated heterocycles. The summed E-state index contributed by atoms with van der Waals surface area (Å²) in [5.41, 5.74) is 10.00. The average molecular weight is 300 g/mol.